The van der Waals surface area contributed by atoms with Crippen LogP contribution in [-0.2, 0) is 6.42 Å². The van der Waals surface area contributed by atoms with Crippen LogP contribution in [0, 0.1) is 0 Å². The van der Waals surface area contributed by atoms with Crippen LogP contribution in [0.2, 0.25) is 0 Å². The van der Waals surface area contributed by atoms with Crippen molar-refractivity contribution in [1.82, 2.24) is 5.43 Å². The number of nitrogens with one attached hydrogen (secondary N) is 1. The second-order valence-electron chi connectivity index (χ2n) is 5.19. The van der Waals surface area contributed by atoms with Gasteiger partial charge in [0.05, 0.1) is 21.3 Å². The summed E-state index contributed by atoms with van der Waals surface area (Å²) in [6.07, 6.45) is 3.28. The van der Waals surface area contributed by atoms with Crippen molar-refractivity contribution < 1.29 is 19.0 Å². The average molecular weight is 342 g/mol. The van der Waals surface area contributed by atoms with E-state index in [1.807, 2.05) is 18.2 Å². The highest BCUT2D eigenvalue weighted by Gasteiger charge is 2.16. The molecule has 0 bridgehead atoms. The van der Waals surface area contributed by atoms with Gasteiger partial charge < -0.3 is 14.2 Å². The number of hydrazone groups is 1. The van der Waals surface area contributed by atoms with E-state index in [0.29, 0.717) is 22.8 Å². The van der Waals surface area contributed by atoms with Gasteiger partial charge in [-0.05, 0) is 30.5 Å². The molecular weight excluding hydrogens is 320 g/mol. The quantitative estimate of drug-likeness (QED) is 0.591. The average Bonchev–Trinajstić information content (AvgIpc) is 2.67. The molecule has 0 saturated carbocycles. The molecule has 0 unspecified atom stereocenters. The van der Waals surface area contributed by atoms with E-state index in [2.05, 4.69) is 22.7 Å². The van der Waals surface area contributed by atoms with Crippen molar-refractivity contribution >= 4 is 12.1 Å². The number of hydrogen-bond acceptors (Lipinski definition) is 5. The number of carbonyl (C=O) groups is 1. The van der Waals surface area contributed by atoms with Crippen LogP contribution < -0.4 is 19.6 Å². The SMILES string of the molecule is COc1cc(C(=O)NN=CCCc2ccccc2)cc(OC)c1OC. The second-order valence-corrected chi connectivity index (χ2v) is 5.19. The summed E-state index contributed by atoms with van der Waals surface area (Å²) in [6.45, 7) is 0. The van der Waals surface area contributed by atoms with Crippen molar-refractivity contribution in [3.63, 3.8) is 0 Å². The van der Waals surface area contributed by atoms with Gasteiger partial charge in [0.1, 0.15) is 0 Å². The van der Waals surface area contributed by atoms with E-state index in [1.54, 1.807) is 18.3 Å². The summed E-state index contributed by atoms with van der Waals surface area (Å²) in [7, 11) is 4.51. The number of ether oxygens (including phenoxy) is 3. The summed E-state index contributed by atoms with van der Waals surface area (Å²) in [4.78, 5) is 12.2. The van der Waals surface area contributed by atoms with Gasteiger partial charge in [-0.1, -0.05) is 30.3 Å². The largest absolute Gasteiger partial charge is 0.493 e. The first kappa shape index (κ1) is 18.3. The Kier molecular flexibility index (Phi) is 6.83. The minimum Gasteiger partial charge on any atom is -0.493 e. The minimum atomic E-state index is -0.352. The Morgan fingerprint density at radius 2 is 1.68 bits per heavy atom. The minimum absolute atomic E-state index is 0.352. The summed E-state index contributed by atoms with van der Waals surface area (Å²) >= 11 is 0. The molecule has 1 amide bonds. The predicted octanol–water partition coefficient (Wildman–Crippen LogP) is 3.06. The Morgan fingerprint density at radius 3 is 2.24 bits per heavy atom. The van der Waals surface area contributed by atoms with Gasteiger partial charge in [0.25, 0.3) is 5.91 Å². The third-order valence-corrected chi connectivity index (χ3v) is 3.59. The first-order chi connectivity index (χ1) is 12.2. The number of nitrogens with zero attached hydrogens (tertiary/aromatic N) is 1. The number of aryl methyl sites for hydroxylation is 1. The third kappa shape index (κ3) is 4.97. The lowest BCUT2D eigenvalue weighted by Crippen LogP contribution is -2.18. The zero-order valence-electron chi connectivity index (χ0n) is 14.6. The number of methoxy groups -OCH3 is 3. The second kappa shape index (κ2) is 9.32. The van der Waals surface area contributed by atoms with Crippen molar-refractivity contribution in [2.45, 2.75) is 12.8 Å². The summed E-state index contributed by atoms with van der Waals surface area (Å²) in [5.74, 6) is 0.920. The molecule has 1 N–H and O–H groups in total. The number of rotatable bonds is 8. The lowest BCUT2D eigenvalue weighted by molar-refractivity contribution is 0.0954. The van der Waals surface area contributed by atoms with Crippen LogP contribution >= 0.6 is 0 Å². The Hall–Kier alpha value is -3.02. The van der Waals surface area contributed by atoms with Crippen LogP contribution in [0.25, 0.3) is 0 Å². The van der Waals surface area contributed by atoms with E-state index >= 15 is 0 Å². The van der Waals surface area contributed by atoms with E-state index in [0.717, 1.165) is 12.8 Å². The lowest BCUT2D eigenvalue weighted by Gasteiger charge is -2.13. The zero-order valence-corrected chi connectivity index (χ0v) is 14.6. The van der Waals surface area contributed by atoms with Crippen molar-refractivity contribution in [3.8, 4) is 17.2 Å². The molecule has 0 fully saturated rings. The molecule has 2 aromatic carbocycles. The highest BCUT2D eigenvalue weighted by atomic mass is 16.5. The van der Waals surface area contributed by atoms with Gasteiger partial charge in [0.15, 0.2) is 11.5 Å². The van der Waals surface area contributed by atoms with E-state index in [-0.39, 0.29) is 5.91 Å². The fourth-order valence-electron chi connectivity index (χ4n) is 2.32. The molecule has 0 saturated heterocycles. The summed E-state index contributed by atoms with van der Waals surface area (Å²) in [5, 5.41) is 3.98. The molecule has 6 nitrogen and oxygen atoms in total. The normalized spacial score (nSPS) is 10.5. The maximum atomic E-state index is 12.2. The smallest absolute Gasteiger partial charge is 0.271 e. The molecule has 0 aromatic heterocycles. The zero-order chi connectivity index (χ0) is 18.1. The van der Waals surface area contributed by atoms with Gasteiger partial charge in [0, 0.05) is 11.8 Å². The van der Waals surface area contributed by atoms with Gasteiger partial charge >= 0.3 is 0 Å². The van der Waals surface area contributed by atoms with Gasteiger partial charge in [-0.15, -0.1) is 0 Å². The maximum absolute atomic E-state index is 12.2. The lowest BCUT2D eigenvalue weighted by atomic mass is 10.1. The third-order valence-electron chi connectivity index (χ3n) is 3.59. The van der Waals surface area contributed by atoms with Crippen LogP contribution in [0.15, 0.2) is 47.6 Å². The van der Waals surface area contributed by atoms with Crippen molar-refractivity contribution in [1.29, 1.82) is 0 Å². The first-order valence-electron chi connectivity index (χ1n) is 7.85. The van der Waals surface area contributed by atoms with E-state index in [4.69, 9.17) is 14.2 Å². The highest BCUT2D eigenvalue weighted by Crippen LogP contribution is 2.38. The molecule has 0 aliphatic heterocycles. The van der Waals surface area contributed by atoms with Gasteiger partial charge in [-0.3, -0.25) is 4.79 Å². The summed E-state index contributed by atoms with van der Waals surface area (Å²) < 4.78 is 15.7. The van der Waals surface area contributed by atoms with Gasteiger partial charge in [-0.25, -0.2) is 5.43 Å². The molecule has 0 aliphatic carbocycles. The molecule has 132 valence electrons. The fraction of sp³-hybridized carbons (Fsp3) is 0.263. The standard InChI is InChI=1S/C19H22N2O4/c1-23-16-12-15(13-17(24-2)18(16)25-3)19(22)21-20-11-7-10-14-8-5-4-6-9-14/h4-6,8-9,11-13H,7,10H2,1-3H3,(H,21,22). The predicted molar refractivity (Wildman–Crippen MR) is 96.8 cm³/mol. The number of amides is 1. The van der Waals surface area contributed by atoms with Crippen LogP contribution in [-0.4, -0.2) is 33.5 Å². The fourth-order valence-corrected chi connectivity index (χ4v) is 2.32. The molecule has 0 spiro atoms. The van der Waals surface area contributed by atoms with Gasteiger partial charge in [-0.2, -0.15) is 5.10 Å². The molecule has 2 rings (SSSR count). The van der Waals surface area contributed by atoms with Crippen molar-refractivity contribution in [2.24, 2.45) is 5.10 Å². The molecule has 0 aliphatic rings. The summed E-state index contributed by atoms with van der Waals surface area (Å²) in [6, 6.07) is 13.3. The Morgan fingerprint density at radius 1 is 1.04 bits per heavy atom. The van der Waals surface area contributed by atoms with Crippen LogP contribution in [0.5, 0.6) is 17.2 Å². The molecule has 0 atom stereocenters. The summed E-state index contributed by atoms with van der Waals surface area (Å²) in [5.41, 5.74) is 4.10. The number of carbonyl (C=O) groups excluding carboxylic acids is 1. The van der Waals surface area contributed by atoms with Crippen molar-refractivity contribution in [2.75, 3.05) is 21.3 Å². The molecule has 25 heavy (non-hydrogen) atoms. The van der Waals surface area contributed by atoms with E-state index in [9.17, 15) is 4.79 Å². The molecule has 2 aromatic rings. The molecule has 6 heteroatoms. The van der Waals surface area contributed by atoms with Crippen LogP contribution in [0.4, 0.5) is 0 Å². The van der Waals surface area contributed by atoms with Gasteiger partial charge in [0.2, 0.25) is 5.75 Å². The number of hydrogen-bond donors (Lipinski definition) is 1. The maximum Gasteiger partial charge on any atom is 0.271 e. The first-order valence-corrected chi connectivity index (χ1v) is 7.85. The van der Waals surface area contributed by atoms with E-state index in [1.165, 1.54) is 26.9 Å². The topological polar surface area (TPSA) is 69.2 Å². The van der Waals surface area contributed by atoms with Crippen LogP contribution in [0.3, 0.4) is 0 Å². The van der Waals surface area contributed by atoms with Crippen molar-refractivity contribution in [3.05, 3.63) is 53.6 Å². The van der Waals surface area contributed by atoms with Crippen LogP contribution in [0.1, 0.15) is 22.3 Å². The monoisotopic (exact) mass is 342 g/mol. The Balaban J connectivity index is 1.97. The Bertz CT molecular complexity index is 704. The highest BCUT2D eigenvalue weighted by molar-refractivity contribution is 5.95. The Labute approximate surface area is 147 Å². The van der Waals surface area contributed by atoms with E-state index < -0.39 is 0 Å². The number of benzene rings is 2. The molecular formula is C19H22N2O4. The molecule has 0 heterocycles. The molecule has 0 radical (unpaired) electrons.